The normalized spacial score (nSPS) is 31.9. The second kappa shape index (κ2) is 6.39. The second-order valence-electron chi connectivity index (χ2n) is 6.26. The van der Waals surface area contributed by atoms with E-state index in [0.717, 1.165) is 37.7 Å². The lowest BCUT2D eigenvalue weighted by Crippen LogP contribution is -2.41. The van der Waals surface area contributed by atoms with Gasteiger partial charge in [-0.1, -0.05) is 18.6 Å². The van der Waals surface area contributed by atoms with Crippen molar-refractivity contribution in [2.24, 2.45) is 5.92 Å². The van der Waals surface area contributed by atoms with Crippen LogP contribution in [0.25, 0.3) is 0 Å². The molecule has 0 amide bonds. The first kappa shape index (κ1) is 14.9. The van der Waals surface area contributed by atoms with Crippen LogP contribution >= 0.6 is 0 Å². The maximum Gasteiger partial charge on any atom is 0.136 e. The standard InChI is InChI=1S/C17H21FO2S/c18-14-7-4-12(5-8-14)6-9-17(19)13-10-15-2-1-3-16(11-13)21(15)20/h4-5,7-8,13,15-16H,1-3,6,9-11H2. The molecule has 2 heterocycles. The molecule has 2 aliphatic rings. The highest BCUT2D eigenvalue weighted by Crippen LogP contribution is 2.37. The van der Waals surface area contributed by atoms with Crippen LogP contribution in [0.3, 0.4) is 0 Å². The van der Waals surface area contributed by atoms with Gasteiger partial charge in [-0.25, -0.2) is 4.39 Å². The van der Waals surface area contributed by atoms with Crippen molar-refractivity contribution in [1.29, 1.82) is 0 Å². The predicted octanol–water partition coefficient (Wildman–Crippen LogP) is 3.41. The van der Waals surface area contributed by atoms with Crippen LogP contribution < -0.4 is 0 Å². The van der Waals surface area contributed by atoms with Gasteiger partial charge in [0, 0.05) is 33.6 Å². The van der Waals surface area contributed by atoms with E-state index >= 15 is 0 Å². The second-order valence-corrected chi connectivity index (χ2v) is 8.25. The van der Waals surface area contributed by atoms with Crippen LogP contribution in [0.15, 0.2) is 24.3 Å². The minimum absolute atomic E-state index is 0.0958. The molecule has 1 aromatic rings. The van der Waals surface area contributed by atoms with Gasteiger partial charge in [0.1, 0.15) is 11.6 Å². The summed E-state index contributed by atoms with van der Waals surface area (Å²) in [6.07, 6.45) is 6.01. The van der Waals surface area contributed by atoms with Crippen LogP contribution in [-0.2, 0) is 22.0 Å². The number of rotatable bonds is 4. The third-order valence-electron chi connectivity index (χ3n) is 4.83. The molecule has 2 unspecified atom stereocenters. The Labute approximate surface area is 127 Å². The summed E-state index contributed by atoms with van der Waals surface area (Å²) in [7, 11) is -0.710. The molecule has 2 nitrogen and oxygen atoms in total. The smallest absolute Gasteiger partial charge is 0.136 e. The molecular weight excluding hydrogens is 287 g/mol. The van der Waals surface area contributed by atoms with Gasteiger partial charge in [0.15, 0.2) is 0 Å². The van der Waals surface area contributed by atoms with Gasteiger partial charge in [0.2, 0.25) is 0 Å². The average Bonchev–Trinajstić information content (AvgIpc) is 2.46. The molecule has 114 valence electrons. The molecule has 4 heteroatoms. The molecule has 0 aliphatic carbocycles. The van der Waals surface area contributed by atoms with Crippen molar-refractivity contribution in [3.63, 3.8) is 0 Å². The van der Waals surface area contributed by atoms with Gasteiger partial charge in [-0.15, -0.1) is 0 Å². The van der Waals surface area contributed by atoms with Crippen molar-refractivity contribution in [1.82, 2.24) is 0 Å². The van der Waals surface area contributed by atoms with Gasteiger partial charge in [-0.3, -0.25) is 9.00 Å². The largest absolute Gasteiger partial charge is 0.299 e. The fourth-order valence-electron chi connectivity index (χ4n) is 3.62. The van der Waals surface area contributed by atoms with E-state index in [4.69, 9.17) is 0 Å². The van der Waals surface area contributed by atoms with Gasteiger partial charge < -0.3 is 0 Å². The zero-order valence-electron chi connectivity index (χ0n) is 12.1. The Hall–Kier alpha value is -1.03. The number of aryl methyl sites for hydroxylation is 1. The van der Waals surface area contributed by atoms with E-state index in [1.54, 1.807) is 12.1 Å². The van der Waals surface area contributed by atoms with E-state index in [9.17, 15) is 13.4 Å². The Balaban J connectivity index is 1.56. The minimum Gasteiger partial charge on any atom is -0.299 e. The first-order valence-electron chi connectivity index (χ1n) is 7.80. The van der Waals surface area contributed by atoms with Gasteiger partial charge in [0.25, 0.3) is 0 Å². The van der Waals surface area contributed by atoms with Crippen molar-refractivity contribution >= 4 is 16.6 Å². The summed E-state index contributed by atoms with van der Waals surface area (Å²) in [5, 5.41) is 0.495. The Morgan fingerprint density at radius 1 is 1.14 bits per heavy atom. The Morgan fingerprint density at radius 2 is 1.76 bits per heavy atom. The van der Waals surface area contributed by atoms with Crippen molar-refractivity contribution in [2.75, 3.05) is 0 Å². The molecule has 0 saturated carbocycles. The number of fused-ring (bicyclic) bond motifs is 2. The summed E-state index contributed by atoms with van der Waals surface area (Å²) >= 11 is 0. The molecule has 3 rings (SSSR count). The first-order chi connectivity index (χ1) is 10.1. The first-order valence-corrected chi connectivity index (χ1v) is 9.07. The summed E-state index contributed by atoms with van der Waals surface area (Å²) in [5.41, 5.74) is 1.00. The summed E-state index contributed by atoms with van der Waals surface area (Å²) in [6.45, 7) is 0. The summed E-state index contributed by atoms with van der Waals surface area (Å²) in [5.74, 6) is 0.152. The van der Waals surface area contributed by atoms with E-state index in [-0.39, 0.29) is 22.2 Å². The van der Waals surface area contributed by atoms with Crippen LogP contribution in [0.1, 0.15) is 44.1 Å². The lowest BCUT2D eigenvalue weighted by atomic mass is 9.85. The quantitative estimate of drug-likeness (QED) is 0.854. The highest BCUT2D eigenvalue weighted by Gasteiger charge is 2.39. The molecular formula is C17H21FO2S. The number of carbonyl (C=O) groups excluding carboxylic acids is 1. The zero-order valence-corrected chi connectivity index (χ0v) is 12.9. The molecule has 2 bridgehead atoms. The molecule has 21 heavy (non-hydrogen) atoms. The number of Topliss-reactive ketones (excluding diaryl/α,β-unsaturated/α-hetero) is 1. The lowest BCUT2D eigenvalue weighted by Gasteiger charge is -2.37. The molecule has 0 radical (unpaired) electrons. The molecule has 2 fully saturated rings. The van der Waals surface area contributed by atoms with Crippen LogP contribution in [0.4, 0.5) is 4.39 Å². The third-order valence-corrected chi connectivity index (χ3v) is 7.00. The highest BCUT2D eigenvalue weighted by molar-refractivity contribution is 7.86. The number of ketones is 1. The molecule has 0 aromatic heterocycles. The van der Waals surface area contributed by atoms with Crippen LogP contribution in [0, 0.1) is 11.7 Å². The van der Waals surface area contributed by atoms with Gasteiger partial charge >= 0.3 is 0 Å². The Kier molecular flexibility index (Phi) is 4.53. The third kappa shape index (κ3) is 3.42. The molecule has 2 aliphatic heterocycles. The van der Waals surface area contributed by atoms with Crippen molar-refractivity contribution in [3.05, 3.63) is 35.6 Å². The number of halogens is 1. The average molecular weight is 308 g/mol. The van der Waals surface area contributed by atoms with Gasteiger partial charge in [0.05, 0.1) is 0 Å². The fourth-order valence-corrected chi connectivity index (χ4v) is 5.81. The fraction of sp³-hybridized carbons (Fsp3) is 0.588. The van der Waals surface area contributed by atoms with Crippen LogP contribution in [-0.4, -0.2) is 20.5 Å². The maximum atomic E-state index is 12.8. The number of carbonyl (C=O) groups is 1. The van der Waals surface area contributed by atoms with Crippen molar-refractivity contribution < 1.29 is 13.4 Å². The van der Waals surface area contributed by atoms with Gasteiger partial charge in [-0.05, 0) is 49.8 Å². The highest BCUT2D eigenvalue weighted by atomic mass is 32.2. The SMILES string of the molecule is O=C(CCc1ccc(F)cc1)C1CC2CCCC(C1)S2=O. The van der Waals surface area contributed by atoms with E-state index in [1.807, 2.05) is 0 Å². The predicted molar refractivity (Wildman–Crippen MR) is 82.0 cm³/mol. The minimum atomic E-state index is -0.710. The van der Waals surface area contributed by atoms with Crippen molar-refractivity contribution in [3.8, 4) is 0 Å². The molecule has 0 N–H and O–H groups in total. The Bertz CT molecular complexity index is 524. The van der Waals surface area contributed by atoms with E-state index in [0.29, 0.717) is 18.6 Å². The lowest BCUT2D eigenvalue weighted by molar-refractivity contribution is -0.123. The maximum absolute atomic E-state index is 12.8. The summed E-state index contributed by atoms with van der Waals surface area (Å²) in [6, 6.07) is 6.36. The summed E-state index contributed by atoms with van der Waals surface area (Å²) in [4.78, 5) is 12.4. The number of benzene rings is 1. The van der Waals surface area contributed by atoms with Crippen molar-refractivity contribution in [2.45, 2.75) is 55.4 Å². The molecule has 1 aromatic carbocycles. The molecule has 2 atom stereocenters. The Morgan fingerprint density at radius 3 is 2.38 bits per heavy atom. The molecule has 2 saturated heterocycles. The van der Waals surface area contributed by atoms with E-state index in [2.05, 4.69) is 0 Å². The topological polar surface area (TPSA) is 34.1 Å². The number of hydrogen-bond donors (Lipinski definition) is 0. The molecule has 0 spiro atoms. The zero-order chi connectivity index (χ0) is 14.8. The van der Waals surface area contributed by atoms with Crippen LogP contribution in [0.2, 0.25) is 0 Å². The van der Waals surface area contributed by atoms with Gasteiger partial charge in [-0.2, -0.15) is 0 Å². The van der Waals surface area contributed by atoms with E-state index in [1.165, 1.54) is 12.1 Å². The monoisotopic (exact) mass is 308 g/mol. The summed E-state index contributed by atoms with van der Waals surface area (Å²) < 4.78 is 25.0. The van der Waals surface area contributed by atoms with Crippen LogP contribution in [0.5, 0.6) is 0 Å². The van der Waals surface area contributed by atoms with E-state index < -0.39 is 10.8 Å². The number of hydrogen-bond acceptors (Lipinski definition) is 2.